The minimum atomic E-state index is -4.00. The van der Waals surface area contributed by atoms with Crippen LogP contribution < -0.4 is 9.60 Å². The van der Waals surface area contributed by atoms with Crippen LogP contribution in [0.3, 0.4) is 0 Å². The van der Waals surface area contributed by atoms with Gasteiger partial charge in [0.15, 0.2) is 0 Å². The number of nitrogens with two attached hydrogens (primary N) is 1. The van der Waals surface area contributed by atoms with Crippen LogP contribution in [0.2, 0.25) is 4.73 Å². The van der Waals surface area contributed by atoms with Gasteiger partial charge in [0, 0.05) is 0 Å². The fourth-order valence-corrected chi connectivity index (χ4v) is 8.09. The first-order valence-electron chi connectivity index (χ1n) is 5.76. The molecular weight excluding hydrogens is 254 g/mol. The van der Waals surface area contributed by atoms with E-state index >= 15 is 0 Å². The van der Waals surface area contributed by atoms with Gasteiger partial charge in [-0.3, -0.25) is 0 Å². The van der Waals surface area contributed by atoms with E-state index in [0.717, 1.165) is 15.0 Å². The minimum absolute atomic E-state index is 0.599. The maximum absolute atomic E-state index is 5.80. The van der Waals surface area contributed by atoms with Gasteiger partial charge in [0.25, 0.3) is 0 Å². The van der Waals surface area contributed by atoms with Gasteiger partial charge in [-0.25, -0.2) is 0 Å². The van der Waals surface area contributed by atoms with Gasteiger partial charge in [-0.15, -0.1) is 0 Å². The molecule has 0 bridgehead atoms. The van der Waals surface area contributed by atoms with Gasteiger partial charge < -0.3 is 0 Å². The van der Waals surface area contributed by atoms with Crippen molar-refractivity contribution in [3.8, 4) is 0 Å². The fourth-order valence-electron chi connectivity index (χ4n) is 2.22. The van der Waals surface area contributed by atoms with Gasteiger partial charge in [-0.2, -0.15) is 0 Å². The maximum atomic E-state index is 5.80. The van der Waals surface area contributed by atoms with Crippen molar-refractivity contribution in [3.63, 3.8) is 0 Å². The summed E-state index contributed by atoms with van der Waals surface area (Å²) in [5.74, 6) is 0. The van der Waals surface area contributed by atoms with Crippen molar-refractivity contribution in [1.82, 2.24) is 0 Å². The summed E-state index contributed by atoms with van der Waals surface area (Å²) >= 11 is -4.00. The molecule has 0 radical (unpaired) electrons. The van der Waals surface area contributed by atoms with Gasteiger partial charge in [0.05, 0.1) is 0 Å². The van der Waals surface area contributed by atoms with E-state index in [9.17, 15) is 0 Å². The Hall–Kier alpha value is -0.226. The van der Waals surface area contributed by atoms with E-state index in [1.54, 1.807) is 21.3 Å². The SMILES string of the molecule is C[O][Ti]([CH2]CCN)([O]C)([O]C)[c]1ccccc1. The van der Waals surface area contributed by atoms with E-state index < -0.39 is 16.5 Å². The average Bonchev–Trinajstić information content (AvgIpc) is 2.43. The molecule has 1 aromatic rings. The van der Waals surface area contributed by atoms with Crippen LogP contribution in [0.4, 0.5) is 0 Å². The third-order valence-corrected chi connectivity index (χ3v) is 11.4. The second-order valence-electron chi connectivity index (χ2n) is 4.04. The summed E-state index contributed by atoms with van der Waals surface area (Å²) in [4.78, 5) is 0. The molecule has 0 atom stereocenters. The predicted molar refractivity (Wildman–Crippen MR) is 65.6 cm³/mol. The Kier molecular flexibility index (Phi) is 5.32. The van der Waals surface area contributed by atoms with Crippen LogP contribution in [0.1, 0.15) is 6.42 Å². The normalized spacial score (nSPS) is 14.2. The Balaban J connectivity index is 3.25. The van der Waals surface area contributed by atoms with E-state index in [1.165, 1.54) is 0 Å². The zero-order chi connectivity index (χ0) is 12.8. The summed E-state index contributed by atoms with van der Waals surface area (Å²) in [7, 11) is 4.98. The van der Waals surface area contributed by atoms with Crippen molar-refractivity contribution in [3.05, 3.63) is 30.3 Å². The first-order valence-corrected chi connectivity index (χ1v) is 9.56. The van der Waals surface area contributed by atoms with Crippen molar-refractivity contribution in [2.75, 3.05) is 27.9 Å². The molecule has 0 aromatic heterocycles. The molecule has 0 aliphatic heterocycles. The Morgan fingerprint density at radius 3 is 1.94 bits per heavy atom. The van der Waals surface area contributed by atoms with Crippen molar-refractivity contribution >= 4 is 3.87 Å². The third kappa shape index (κ3) is 2.62. The van der Waals surface area contributed by atoms with Crippen LogP contribution >= 0.6 is 0 Å². The second-order valence-corrected chi connectivity index (χ2v) is 11.3. The zero-order valence-electron chi connectivity index (χ0n) is 10.8. The molecule has 1 aromatic carbocycles. The van der Waals surface area contributed by atoms with Gasteiger partial charge in [-0.05, 0) is 0 Å². The second kappa shape index (κ2) is 6.09. The van der Waals surface area contributed by atoms with E-state index in [2.05, 4.69) is 0 Å². The van der Waals surface area contributed by atoms with E-state index in [4.69, 9.17) is 15.7 Å². The summed E-state index contributed by atoms with van der Waals surface area (Å²) < 4.78 is 19.2. The van der Waals surface area contributed by atoms with E-state index in [-0.39, 0.29) is 0 Å². The van der Waals surface area contributed by atoms with Crippen molar-refractivity contribution in [1.29, 1.82) is 0 Å². The molecule has 0 aliphatic rings. The molecule has 0 amide bonds. The van der Waals surface area contributed by atoms with Crippen LogP contribution in [0, 0.1) is 0 Å². The van der Waals surface area contributed by atoms with Gasteiger partial charge in [0.2, 0.25) is 0 Å². The topological polar surface area (TPSA) is 53.7 Å². The Labute approximate surface area is 105 Å². The molecule has 0 heterocycles. The molecule has 97 valence electrons. The number of hydrogen-bond acceptors (Lipinski definition) is 4. The fraction of sp³-hybridized carbons (Fsp3) is 0.500. The number of rotatable bonds is 7. The Bertz CT molecular complexity index is 330. The van der Waals surface area contributed by atoms with Crippen molar-refractivity contribution in [2.45, 2.75) is 11.1 Å². The monoisotopic (exact) mass is 276 g/mol. The Morgan fingerprint density at radius 2 is 1.53 bits per heavy atom. The van der Waals surface area contributed by atoms with Gasteiger partial charge >= 0.3 is 105 Å². The molecule has 0 fully saturated rings. The molecule has 0 spiro atoms. The molecule has 0 aliphatic carbocycles. The number of benzene rings is 1. The molecule has 0 saturated carbocycles. The summed E-state index contributed by atoms with van der Waals surface area (Å²) in [5.41, 5.74) is 5.60. The first kappa shape index (κ1) is 14.8. The molecule has 0 unspecified atom stereocenters. The van der Waals surface area contributed by atoms with Crippen molar-refractivity contribution in [2.24, 2.45) is 5.73 Å². The molecule has 1 rings (SSSR count). The standard InChI is InChI=1S/C6H5.C3H8N.3CH3O.Ti/c1-2-4-6-5-3-1;1-2-3-4;3*1-2;/h1-5H;1-4H2;3*1H3;/q;;3*-1;+3. The molecule has 0 saturated heterocycles. The predicted octanol–water partition coefficient (Wildman–Crippen LogP) is 1.45. The van der Waals surface area contributed by atoms with Crippen LogP contribution in [0.5, 0.6) is 0 Å². The quantitative estimate of drug-likeness (QED) is 0.766. The number of hydrogen-bond donors (Lipinski definition) is 1. The summed E-state index contributed by atoms with van der Waals surface area (Å²) in [6.07, 6.45) is 0.821. The van der Waals surface area contributed by atoms with Crippen LogP contribution in [0.15, 0.2) is 30.3 Å². The zero-order valence-corrected chi connectivity index (χ0v) is 12.4. The van der Waals surface area contributed by atoms with Gasteiger partial charge in [-0.1, -0.05) is 0 Å². The average molecular weight is 276 g/mol. The summed E-state index contributed by atoms with van der Waals surface area (Å²) in [6, 6.07) is 9.92. The van der Waals surface area contributed by atoms with E-state index in [0.29, 0.717) is 6.54 Å². The van der Waals surface area contributed by atoms with Crippen molar-refractivity contribution < 1.29 is 26.4 Å². The molecule has 2 N–H and O–H groups in total. The molecule has 4 nitrogen and oxygen atoms in total. The van der Waals surface area contributed by atoms with Gasteiger partial charge in [0.1, 0.15) is 0 Å². The molecule has 17 heavy (non-hydrogen) atoms. The third-order valence-electron chi connectivity index (χ3n) is 3.38. The van der Waals surface area contributed by atoms with Crippen LogP contribution in [-0.2, 0) is 26.4 Å². The Morgan fingerprint density at radius 1 is 1.00 bits per heavy atom. The summed E-state index contributed by atoms with van der Waals surface area (Å²) in [6.45, 7) is 0.599. The molecule has 5 heteroatoms. The molecular formula is C12H22NO3Ti. The summed E-state index contributed by atoms with van der Waals surface area (Å²) in [5, 5.41) is 0. The first-order chi connectivity index (χ1) is 8.17. The van der Waals surface area contributed by atoms with Crippen LogP contribution in [-0.4, -0.2) is 27.9 Å². The van der Waals surface area contributed by atoms with E-state index in [1.807, 2.05) is 30.3 Å². The van der Waals surface area contributed by atoms with Crippen LogP contribution in [0.25, 0.3) is 0 Å².